The summed E-state index contributed by atoms with van der Waals surface area (Å²) >= 11 is 1.42. The Morgan fingerprint density at radius 1 is 1.18 bits per heavy atom. The number of carbonyl (C=O) groups is 1. The standard InChI is InChI=1S/C21H18N2O4S/c1-25-15-4-2-3-13(9-15)16-11-28-20(22-16)23-19(24)21(7-8-21)14-5-6-17-18(10-14)27-12-26-17/h2-6,9-11H,7-8,12H2,1H3,(H,22,23,24). The van der Waals surface area contributed by atoms with Crippen molar-refractivity contribution in [2.45, 2.75) is 18.3 Å². The van der Waals surface area contributed by atoms with Crippen LogP contribution in [0.5, 0.6) is 17.2 Å². The van der Waals surface area contributed by atoms with E-state index in [0.29, 0.717) is 10.9 Å². The summed E-state index contributed by atoms with van der Waals surface area (Å²) in [7, 11) is 1.64. The maximum absolute atomic E-state index is 13.0. The second-order valence-electron chi connectivity index (χ2n) is 6.87. The molecule has 3 aromatic rings. The van der Waals surface area contributed by atoms with Crippen molar-refractivity contribution in [2.75, 3.05) is 19.2 Å². The van der Waals surface area contributed by atoms with Crippen molar-refractivity contribution in [2.24, 2.45) is 0 Å². The molecule has 142 valence electrons. The number of rotatable bonds is 5. The first-order valence-electron chi connectivity index (χ1n) is 8.99. The number of ether oxygens (including phenoxy) is 3. The molecule has 7 heteroatoms. The summed E-state index contributed by atoms with van der Waals surface area (Å²) < 4.78 is 16.1. The van der Waals surface area contributed by atoms with E-state index in [0.717, 1.165) is 41.2 Å². The Hall–Kier alpha value is -3.06. The monoisotopic (exact) mass is 394 g/mol. The van der Waals surface area contributed by atoms with E-state index < -0.39 is 5.41 Å². The average molecular weight is 394 g/mol. The number of carbonyl (C=O) groups excluding carboxylic acids is 1. The fraction of sp³-hybridized carbons (Fsp3) is 0.238. The fourth-order valence-corrected chi connectivity index (χ4v) is 4.14. The van der Waals surface area contributed by atoms with Gasteiger partial charge in [-0.3, -0.25) is 4.79 Å². The molecule has 2 aliphatic rings. The minimum atomic E-state index is -0.511. The van der Waals surface area contributed by atoms with Crippen LogP contribution in [0, 0.1) is 0 Å². The number of nitrogens with zero attached hydrogens (tertiary/aromatic N) is 1. The molecule has 0 bridgehead atoms. The molecule has 1 aromatic heterocycles. The highest BCUT2D eigenvalue weighted by Gasteiger charge is 2.52. The van der Waals surface area contributed by atoms with Crippen LogP contribution in [-0.2, 0) is 10.2 Å². The molecule has 0 unspecified atom stereocenters. The third-order valence-electron chi connectivity index (χ3n) is 5.20. The first-order valence-corrected chi connectivity index (χ1v) is 9.87. The van der Waals surface area contributed by atoms with Crippen molar-refractivity contribution in [1.29, 1.82) is 0 Å². The molecule has 2 heterocycles. The van der Waals surface area contributed by atoms with Gasteiger partial charge in [0, 0.05) is 10.9 Å². The predicted octanol–water partition coefficient (Wildman–Crippen LogP) is 4.22. The molecule has 1 N–H and O–H groups in total. The maximum atomic E-state index is 13.0. The van der Waals surface area contributed by atoms with E-state index in [9.17, 15) is 4.79 Å². The predicted molar refractivity (Wildman–Crippen MR) is 106 cm³/mol. The van der Waals surface area contributed by atoms with Gasteiger partial charge in [0.25, 0.3) is 0 Å². The van der Waals surface area contributed by atoms with Gasteiger partial charge in [0.1, 0.15) is 5.75 Å². The van der Waals surface area contributed by atoms with Crippen LogP contribution in [0.2, 0.25) is 0 Å². The van der Waals surface area contributed by atoms with Gasteiger partial charge in [0.15, 0.2) is 16.6 Å². The summed E-state index contributed by atoms with van der Waals surface area (Å²) in [6, 6.07) is 13.4. The van der Waals surface area contributed by atoms with Crippen LogP contribution >= 0.6 is 11.3 Å². The lowest BCUT2D eigenvalue weighted by Crippen LogP contribution is -2.27. The summed E-state index contributed by atoms with van der Waals surface area (Å²) in [5.41, 5.74) is 2.21. The lowest BCUT2D eigenvalue weighted by molar-refractivity contribution is -0.118. The lowest BCUT2D eigenvalue weighted by atomic mass is 9.94. The third-order valence-corrected chi connectivity index (χ3v) is 5.96. The second kappa shape index (κ2) is 6.53. The molecule has 5 rings (SSSR count). The summed E-state index contributed by atoms with van der Waals surface area (Å²) in [4.78, 5) is 17.6. The van der Waals surface area contributed by atoms with Crippen molar-refractivity contribution in [3.8, 4) is 28.5 Å². The Morgan fingerprint density at radius 2 is 2.04 bits per heavy atom. The molecule has 6 nitrogen and oxygen atoms in total. The van der Waals surface area contributed by atoms with Gasteiger partial charge in [0.2, 0.25) is 12.7 Å². The first kappa shape index (κ1) is 17.1. The summed E-state index contributed by atoms with van der Waals surface area (Å²) in [5.74, 6) is 2.17. The van der Waals surface area contributed by atoms with Gasteiger partial charge in [0.05, 0.1) is 18.2 Å². The number of amides is 1. The van der Waals surface area contributed by atoms with Crippen LogP contribution in [-0.4, -0.2) is 24.8 Å². The molecular weight excluding hydrogens is 376 g/mol. The Bertz CT molecular complexity index is 1060. The highest BCUT2D eigenvalue weighted by Crippen LogP contribution is 2.51. The molecule has 2 aromatic carbocycles. The molecule has 1 fully saturated rings. The largest absolute Gasteiger partial charge is 0.497 e. The number of thiazole rings is 1. The zero-order valence-electron chi connectivity index (χ0n) is 15.2. The van der Waals surface area contributed by atoms with Crippen LogP contribution in [0.3, 0.4) is 0 Å². The molecule has 0 atom stereocenters. The molecule has 0 radical (unpaired) electrons. The number of nitrogens with one attached hydrogen (secondary N) is 1. The van der Waals surface area contributed by atoms with E-state index >= 15 is 0 Å². The van der Waals surface area contributed by atoms with Gasteiger partial charge in [-0.1, -0.05) is 18.2 Å². The minimum absolute atomic E-state index is 0.0297. The molecular formula is C21H18N2O4S. The summed E-state index contributed by atoms with van der Waals surface area (Å²) in [6.45, 7) is 0.226. The summed E-state index contributed by atoms with van der Waals surface area (Å²) in [5, 5.41) is 5.52. The third kappa shape index (κ3) is 2.88. The van der Waals surface area contributed by atoms with Crippen molar-refractivity contribution in [3.63, 3.8) is 0 Å². The maximum Gasteiger partial charge on any atom is 0.236 e. The van der Waals surface area contributed by atoms with Crippen molar-refractivity contribution >= 4 is 22.4 Å². The van der Waals surface area contributed by atoms with E-state index in [1.54, 1.807) is 7.11 Å². The highest BCUT2D eigenvalue weighted by molar-refractivity contribution is 7.14. The van der Waals surface area contributed by atoms with Crippen LogP contribution in [0.4, 0.5) is 5.13 Å². The molecule has 1 aliphatic heterocycles. The normalized spacial score (nSPS) is 15.9. The lowest BCUT2D eigenvalue weighted by Gasteiger charge is -2.15. The zero-order chi connectivity index (χ0) is 19.1. The Labute approximate surface area is 166 Å². The van der Waals surface area contributed by atoms with Crippen molar-refractivity contribution in [1.82, 2.24) is 4.98 Å². The second-order valence-corrected chi connectivity index (χ2v) is 7.73. The number of aromatic nitrogens is 1. The van der Waals surface area contributed by atoms with E-state index in [4.69, 9.17) is 14.2 Å². The van der Waals surface area contributed by atoms with Gasteiger partial charge < -0.3 is 19.5 Å². The van der Waals surface area contributed by atoms with Gasteiger partial charge in [-0.25, -0.2) is 4.98 Å². The van der Waals surface area contributed by atoms with Gasteiger partial charge in [-0.15, -0.1) is 11.3 Å². The SMILES string of the molecule is COc1cccc(-c2csc(NC(=O)C3(c4ccc5c(c4)OCO5)CC3)n2)c1. The number of methoxy groups -OCH3 is 1. The van der Waals surface area contributed by atoms with Gasteiger partial charge in [-0.2, -0.15) is 0 Å². The van der Waals surface area contributed by atoms with E-state index in [1.807, 2.05) is 47.8 Å². The molecule has 28 heavy (non-hydrogen) atoms. The summed E-state index contributed by atoms with van der Waals surface area (Å²) in [6.07, 6.45) is 1.62. The van der Waals surface area contributed by atoms with E-state index in [-0.39, 0.29) is 12.7 Å². The van der Waals surface area contributed by atoms with Crippen LogP contribution < -0.4 is 19.5 Å². The van der Waals surface area contributed by atoms with E-state index in [1.165, 1.54) is 11.3 Å². The fourth-order valence-electron chi connectivity index (χ4n) is 3.43. The van der Waals surface area contributed by atoms with Crippen molar-refractivity contribution < 1.29 is 19.0 Å². The Kier molecular flexibility index (Phi) is 3.98. The topological polar surface area (TPSA) is 69.7 Å². The van der Waals surface area contributed by atoms with Crippen LogP contribution in [0.15, 0.2) is 47.8 Å². The average Bonchev–Trinajstić information content (AvgIpc) is 3.18. The number of benzene rings is 2. The van der Waals surface area contributed by atoms with Gasteiger partial charge in [-0.05, 0) is 42.7 Å². The highest BCUT2D eigenvalue weighted by atomic mass is 32.1. The first-order chi connectivity index (χ1) is 13.7. The Morgan fingerprint density at radius 3 is 2.86 bits per heavy atom. The van der Waals surface area contributed by atoms with Crippen LogP contribution in [0.25, 0.3) is 11.3 Å². The zero-order valence-corrected chi connectivity index (χ0v) is 16.0. The van der Waals surface area contributed by atoms with E-state index in [2.05, 4.69) is 10.3 Å². The number of anilines is 1. The molecule has 0 saturated heterocycles. The number of fused-ring (bicyclic) bond motifs is 1. The quantitative estimate of drug-likeness (QED) is 0.702. The smallest absolute Gasteiger partial charge is 0.236 e. The number of hydrogen-bond acceptors (Lipinski definition) is 6. The molecule has 1 saturated carbocycles. The molecule has 1 amide bonds. The number of hydrogen-bond donors (Lipinski definition) is 1. The van der Waals surface area contributed by atoms with Gasteiger partial charge >= 0.3 is 0 Å². The minimum Gasteiger partial charge on any atom is -0.497 e. The van der Waals surface area contributed by atoms with Crippen molar-refractivity contribution in [3.05, 3.63) is 53.4 Å². The Balaban J connectivity index is 1.35. The van der Waals surface area contributed by atoms with Crippen LogP contribution in [0.1, 0.15) is 18.4 Å². The molecule has 0 spiro atoms. The molecule has 1 aliphatic carbocycles.